The Hall–Kier alpha value is -3.33. The first kappa shape index (κ1) is 23.8. The minimum atomic E-state index is 0.000403. The molecule has 8 nitrogen and oxygen atoms in total. The summed E-state index contributed by atoms with van der Waals surface area (Å²) in [5.41, 5.74) is 2.55. The molecule has 0 amide bonds. The number of Topliss-reactive ketones (excluding diaryl/α,β-unsaturated/α-hetero) is 2. The summed E-state index contributed by atoms with van der Waals surface area (Å²) >= 11 is 1.37. The van der Waals surface area contributed by atoms with Gasteiger partial charge in [-0.05, 0) is 38.1 Å². The van der Waals surface area contributed by atoms with Crippen LogP contribution in [0.15, 0.2) is 41.6 Å². The number of carbonyl (C=O) groups excluding carboxylic acids is 2. The minimum absolute atomic E-state index is 0.000403. The van der Waals surface area contributed by atoms with E-state index in [4.69, 9.17) is 14.2 Å². The van der Waals surface area contributed by atoms with E-state index >= 15 is 0 Å². The smallest absolute Gasteiger partial charge is 0.231 e. The number of aryl methyl sites for hydroxylation is 2. The van der Waals surface area contributed by atoms with Crippen molar-refractivity contribution < 1.29 is 23.8 Å². The Labute approximate surface area is 202 Å². The molecule has 1 aliphatic heterocycles. The number of aromatic nitrogens is 3. The summed E-state index contributed by atoms with van der Waals surface area (Å²) in [4.78, 5) is 25.3. The van der Waals surface area contributed by atoms with Crippen molar-refractivity contribution in [3.8, 4) is 17.2 Å². The van der Waals surface area contributed by atoms with E-state index in [1.54, 1.807) is 25.3 Å². The van der Waals surface area contributed by atoms with Gasteiger partial charge in [-0.25, -0.2) is 0 Å². The van der Waals surface area contributed by atoms with Crippen LogP contribution in [0.25, 0.3) is 0 Å². The quantitative estimate of drug-likeness (QED) is 0.299. The van der Waals surface area contributed by atoms with Gasteiger partial charge >= 0.3 is 0 Å². The van der Waals surface area contributed by atoms with Crippen molar-refractivity contribution in [2.75, 3.05) is 19.7 Å². The third-order valence-corrected chi connectivity index (χ3v) is 6.59. The summed E-state index contributed by atoms with van der Waals surface area (Å²) in [5, 5.41) is 9.22. The number of ketones is 2. The highest BCUT2D eigenvalue weighted by atomic mass is 32.2. The maximum Gasteiger partial charge on any atom is 0.231 e. The van der Waals surface area contributed by atoms with Crippen LogP contribution in [0.3, 0.4) is 0 Å². The molecule has 0 saturated carbocycles. The Morgan fingerprint density at radius 2 is 1.94 bits per heavy atom. The van der Waals surface area contributed by atoms with Crippen molar-refractivity contribution in [1.82, 2.24) is 14.8 Å². The zero-order valence-electron chi connectivity index (χ0n) is 19.5. The molecule has 0 bridgehead atoms. The van der Waals surface area contributed by atoms with Crippen LogP contribution in [-0.2, 0) is 24.2 Å². The summed E-state index contributed by atoms with van der Waals surface area (Å²) in [6.45, 7) is 4.82. The van der Waals surface area contributed by atoms with Crippen molar-refractivity contribution in [3.05, 3.63) is 58.9 Å². The number of fused-ring (bicyclic) bond motifs is 1. The maximum atomic E-state index is 12.7. The number of hydrogen-bond donors (Lipinski definition) is 0. The van der Waals surface area contributed by atoms with Gasteiger partial charge in [0, 0.05) is 36.9 Å². The largest absolute Gasteiger partial charge is 0.496 e. The molecule has 2 heterocycles. The number of carbonyl (C=O) groups is 2. The predicted octanol–water partition coefficient (Wildman–Crippen LogP) is 4.06. The molecule has 4 rings (SSSR count). The standard InChI is InChI=1S/C25H27N3O5S/c1-4-28-24(10-7-20(30)17-6-9-22-23(13-17)33-15-32-22)26-27-25(28)34-14-19(29)12-18-11-16(2)5-8-21(18)31-3/h5-6,8-9,11,13H,4,7,10,12,14-15H2,1-3H3. The fraction of sp³-hybridized carbons (Fsp3) is 0.360. The molecular weight excluding hydrogens is 454 g/mol. The van der Waals surface area contributed by atoms with E-state index in [0.717, 1.165) is 22.7 Å². The summed E-state index contributed by atoms with van der Waals surface area (Å²) in [5.74, 6) is 3.06. The second-order valence-electron chi connectivity index (χ2n) is 7.95. The number of benzene rings is 2. The SMILES string of the molecule is CCn1c(CCC(=O)c2ccc3c(c2)OCO3)nnc1SCC(=O)Cc1cc(C)ccc1OC. The maximum absolute atomic E-state index is 12.7. The van der Waals surface area contributed by atoms with Crippen molar-refractivity contribution in [3.63, 3.8) is 0 Å². The Kier molecular flexibility index (Phi) is 7.52. The number of thioether (sulfide) groups is 1. The second-order valence-corrected chi connectivity index (χ2v) is 8.90. The molecule has 1 aliphatic rings. The molecule has 1 aromatic heterocycles. The van der Waals surface area contributed by atoms with E-state index in [9.17, 15) is 9.59 Å². The van der Waals surface area contributed by atoms with Gasteiger partial charge in [0.25, 0.3) is 0 Å². The van der Waals surface area contributed by atoms with Gasteiger partial charge < -0.3 is 18.8 Å². The average molecular weight is 482 g/mol. The van der Waals surface area contributed by atoms with E-state index in [0.29, 0.717) is 48.0 Å². The molecule has 178 valence electrons. The number of nitrogens with zero attached hydrogens (tertiary/aromatic N) is 3. The molecule has 0 unspecified atom stereocenters. The molecule has 34 heavy (non-hydrogen) atoms. The number of methoxy groups -OCH3 is 1. The van der Waals surface area contributed by atoms with Gasteiger partial charge in [-0.15, -0.1) is 10.2 Å². The van der Waals surface area contributed by atoms with E-state index in [-0.39, 0.29) is 24.1 Å². The highest BCUT2D eigenvalue weighted by molar-refractivity contribution is 7.99. The van der Waals surface area contributed by atoms with E-state index in [2.05, 4.69) is 10.2 Å². The first-order valence-electron chi connectivity index (χ1n) is 11.1. The molecule has 2 aromatic carbocycles. The van der Waals surface area contributed by atoms with Gasteiger partial charge in [-0.1, -0.05) is 29.5 Å². The highest BCUT2D eigenvalue weighted by Crippen LogP contribution is 2.33. The van der Waals surface area contributed by atoms with Gasteiger partial charge in [-0.3, -0.25) is 9.59 Å². The lowest BCUT2D eigenvalue weighted by molar-refractivity contribution is -0.116. The normalized spacial score (nSPS) is 12.1. The Morgan fingerprint density at radius 1 is 1.12 bits per heavy atom. The summed E-state index contributed by atoms with van der Waals surface area (Å²) < 4.78 is 18.0. The van der Waals surface area contributed by atoms with Gasteiger partial charge in [0.2, 0.25) is 6.79 Å². The van der Waals surface area contributed by atoms with Crippen LogP contribution in [0.1, 0.15) is 40.7 Å². The number of hydrogen-bond acceptors (Lipinski definition) is 8. The molecule has 9 heteroatoms. The monoisotopic (exact) mass is 481 g/mol. The third kappa shape index (κ3) is 5.41. The van der Waals surface area contributed by atoms with Crippen LogP contribution in [0.5, 0.6) is 17.2 Å². The lowest BCUT2D eigenvalue weighted by Crippen LogP contribution is -2.10. The van der Waals surface area contributed by atoms with Crippen molar-refractivity contribution in [2.45, 2.75) is 44.8 Å². The zero-order chi connectivity index (χ0) is 24.1. The Morgan fingerprint density at radius 3 is 2.74 bits per heavy atom. The van der Waals surface area contributed by atoms with Gasteiger partial charge in [-0.2, -0.15) is 0 Å². The number of ether oxygens (including phenoxy) is 3. The van der Waals surface area contributed by atoms with E-state index < -0.39 is 0 Å². The molecular formula is C25H27N3O5S. The van der Waals surface area contributed by atoms with E-state index in [1.807, 2.05) is 36.6 Å². The highest BCUT2D eigenvalue weighted by Gasteiger charge is 2.18. The lowest BCUT2D eigenvalue weighted by Gasteiger charge is -2.09. The predicted molar refractivity (Wildman–Crippen MR) is 128 cm³/mol. The van der Waals surface area contributed by atoms with Crippen LogP contribution in [0.4, 0.5) is 0 Å². The first-order chi connectivity index (χ1) is 16.5. The van der Waals surface area contributed by atoms with Crippen molar-refractivity contribution >= 4 is 23.3 Å². The van der Waals surface area contributed by atoms with Gasteiger partial charge in [0.05, 0.1) is 12.9 Å². The third-order valence-electron chi connectivity index (χ3n) is 5.57. The molecule has 0 saturated heterocycles. The lowest BCUT2D eigenvalue weighted by atomic mass is 10.1. The molecule has 0 atom stereocenters. The number of rotatable bonds is 11. The van der Waals surface area contributed by atoms with Crippen LogP contribution in [0.2, 0.25) is 0 Å². The van der Waals surface area contributed by atoms with Crippen molar-refractivity contribution in [1.29, 1.82) is 0 Å². The Balaban J connectivity index is 1.34. The minimum Gasteiger partial charge on any atom is -0.496 e. The van der Waals surface area contributed by atoms with Crippen LogP contribution in [-0.4, -0.2) is 46.0 Å². The molecule has 0 fully saturated rings. The molecule has 0 N–H and O–H groups in total. The summed E-state index contributed by atoms with van der Waals surface area (Å²) in [6.07, 6.45) is 1.06. The fourth-order valence-corrected chi connectivity index (χ4v) is 4.70. The van der Waals surface area contributed by atoms with Gasteiger partial charge in [0.15, 0.2) is 22.4 Å². The molecule has 0 spiro atoms. The molecule has 0 aliphatic carbocycles. The van der Waals surface area contributed by atoms with Crippen LogP contribution < -0.4 is 14.2 Å². The topological polar surface area (TPSA) is 92.5 Å². The zero-order valence-corrected chi connectivity index (χ0v) is 20.3. The van der Waals surface area contributed by atoms with Crippen LogP contribution in [0, 0.1) is 6.92 Å². The van der Waals surface area contributed by atoms with E-state index in [1.165, 1.54) is 11.8 Å². The summed E-state index contributed by atoms with van der Waals surface area (Å²) in [7, 11) is 1.61. The van der Waals surface area contributed by atoms with Crippen LogP contribution >= 0.6 is 11.8 Å². The first-order valence-corrected chi connectivity index (χ1v) is 12.1. The van der Waals surface area contributed by atoms with Crippen molar-refractivity contribution in [2.24, 2.45) is 0 Å². The summed E-state index contributed by atoms with van der Waals surface area (Å²) in [6, 6.07) is 11.0. The second kappa shape index (κ2) is 10.7. The molecule has 0 radical (unpaired) electrons. The average Bonchev–Trinajstić information content (AvgIpc) is 3.47. The fourth-order valence-electron chi connectivity index (χ4n) is 3.82. The van der Waals surface area contributed by atoms with Gasteiger partial charge in [0.1, 0.15) is 17.4 Å². The molecule has 3 aromatic rings. The Bertz CT molecular complexity index is 1210.